The summed E-state index contributed by atoms with van der Waals surface area (Å²) in [7, 11) is 0. The zero-order chi connectivity index (χ0) is 17.5. The van der Waals surface area contributed by atoms with Crippen molar-refractivity contribution in [3.63, 3.8) is 0 Å². The zero-order valence-electron chi connectivity index (χ0n) is 15.8. The van der Waals surface area contributed by atoms with E-state index in [9.17, 15) is 4.79 Å². The van der Waals surface area contributed by atoms with Crippen LogP contribution in [0.5, 0.6) is 0 Å². The number of likely N-dealkylation sites (tertiary alicyclic amines) is 1. The number of nitrogens with zero attached hydrogens (tertiary/aromatic N) is 2. The van der Waals surface area contributed by atoms with Crippen molar-refractivity contribution in [1.29, 1.82) is 0 Å². The smallest absolute Gasteiger partial charge is 0.407 e. The Hall–Kier alpha value is -0.730. The molecule has 1 atom stereocenters. The van der Waals surface area contributed by atoms with Crippen LogP contribution in [0.3, 0.4) is 0 Å². The van der Waals surface area contributed by atoms with Crippen molar-refractivity contribution in [2.75, 3.05) is 19.6 Å². The highest BCUT2D eigenvalue weighted by Gasteiger charge is 2.20. The van der Waals surface area contributed by atoms with Gasteiger partial charge in [-0.15, -0.1) is 24.0 Å². The van der Waals surface area contributed by atoms with E-state index in [1.165, 1.54) is 0 Å². The summed E-state index contributed by atoms with van der Waals surface area (Å²) in [5, 5.41) is 2.90. The van der Waals surface area contributed by atoms with E-state index in [0.29, 0.717) is 12.5 Å². The highest BCUT2D eigenvalue weighted by molar-refractivity contribution is 14.0. The second-order valence-electron chi connectivity index (χ2n) is 7.50. The molecule has 0 spiro atoms. The summed E-state index contributed by atoms with van der Waals surface area (Å²) in [5.74, 6) is 1.35. The third-order valence-electron chi connectivity index (χ3n) is 3.94. The molecule has 1 fully saturated rings. The van der Waals surface area contributed by atoms with E-state index in [0.717, 1.165) is 44.7 Å². The molecule has 1 aliphatic rings. The van der Waals surface area contributed by atoms with Crippen LogP contribution in [0, 0.1) is 5.92 Å². The first kappa shape index (κ1) is 23.3. The molecule has 0 saturated carbocycles. The Morgan fingerprint density at radius 3 is 2.46 bits per heavy atom. The molecule has 0 aromatic heterocycles. The van der Waals surface area contributed by atoms with E-state index in [1.807, 2.05) is 20.8 Å². The molecule has 0 aromatic rings. The number of rotatable bonds is 5. The number of piperidine rings is 1. The molecule has 1 aliphatic heterocycles. The van der Waals surface area contributed by atoms with Crippen LogP contribution in [0.25, 0.3) is 0 Å². The number of hydrogen-bond acceptors (Lipinski definition) is 3. The lowest BCUT2D eigenvalue weighted by molar-refractivity contribution is 0.0503. The normalized spacial score (nSPS) is 17.9. The molecule has 7 heteroatoms. The van der Waals surface area contributed by atoms with Gasteiger partial charge in [-0.2, -0.15) is 0 Å². The molecular weight excluding hydrogens is 419 g/mol. The number of hydrogen-bond donors (Lipinski definition) is 2. The Kier molecular flexibility index (Phi) is 10.7. The fraction of sp³-hybridized carbons (Fsp3) is 0.882. The standard InChI is InChI=1S/C17H34N4O2.HI/c1-6-7-14(20-16(22)23-17(3,4)5)12-19-15(18)21-10-8-13(2)9-11-21;/h13-14H,6-12H2,1-5H3,(H2,18,19)(H,20,22);1H. The Labute approximate surface area is 164 Å². The van der Waals surface area contributed by atoms with Crippen LogP contribution < -0.4 is 11.1 Å². The molecule has 0 aromatic carbocycles. The first-order valence-corrected chi connectivity index (χ1v) is 8.75. The zero-order valence-corrected chi connectivity index (χ0v) is 18.1. The maximum atomic E-state index is 11.9. The molecule has 0 radical (unpaired) electrons. The number of nitrogens with two attached hydrogens (primary N) is 1. The van der Waals surface area contributed by atoms with Crippen molar-refractivity contribution < 1.29 is 9.53 Å². The van der Waals surface area contributed by atoms with Crippen LogP contribution in [-0.4, -0.2) is 48.2 Å². The largest absolute Gasteiger partial charge is 0.444 e. The van der Waals surface area contributed by atoms with Gasteiger partial charge in [0.25, 0.3) is 0 Å². The monoisotopic (exact) mass is 454 g/mol. The number of ether oxygens (including phenoxy) is 1. The van der Waals surface area contributed by atoms with Crippen LogP contribution in [0.1, 0.15) is 60.3 Å². The molecule has 1 unspecified atom stereocenters. The number of guanidine groups is 1. The third kappa shape index (κ3) is 9.54. The van der Waals surface area contributed by atoms with Crippen LogP contribution in [0.4, 0.5) is 4.79 Å². The van der Waals surface area contributed by atoms with Crippen LogP contribution in [-0.2, 0) is 4.74 Å². The topological polar surface area (TPSA) is 80.0 Å². The van der Waals surface area contributed by atoms with Gasteiger partial charge in [0.15, 0.2) is 5.96 Å². The van der Waals surface area contributed by atoms with Crippen molar-refractivity contribution in [1.82, 2.24) is 10.2 Å². The average molecular weight is 454 g/mol. The highest BCUT2D eigenvalue weighted by atomic mass is 127. The fourth-order valence-corrected chi connectivity index (χ4v) is 2.57. The minimum absolute atomic E-state index is 0. The van der Waals surface area contributed by atoms with Gasteiger partial charge in [0, 0.05) is 13.1 Å². The maximum absolute atomic E-state index is 11.9. The Bertz CT molecular complexity index is 402. The van der Waals surface area contributed by atoms with E-state index in [4.69, 9.17) is 10.5 Å². The first-order chi connectivity index (χ1) is 10.7. The number of carbonyl (C=O) groups is 1. The number of halogens is 1. The molecule has 0 bridgehead atoms. The Balaban J connectivity index is 0.00000529. The van der Waals surface area contributed by atoms with Crippen molar-refractivity contribution in [3.05, 3.63) is 0 Å². The molecule has 1 rings (SSSR count). The van der Waals surface area contributed by atoms with Gasteiger partial charge in [0.2, 0.25) is 0 Å². The van der Waals surface area contributed by atoms with Crippen molar-refractivity contribution in [2.45, 2.75) is 71.9 Å². The molecule has 1 amide bonds. The Morgan fingerprint density at radius 2 is 1.96 bits per heavy atom. The van der Waals surface area contributed by atoms with Crippen LogP contribution in [0.2, 0.25) is 0 Å². The molecule has 24 heavy (non-hydrogen) atoms. The second-order valence-corrected chi connectivity index (χ2v) is 7.50. The summed E-state index contributed by atoms with van der Waals surface area (Å²) in [6, 6.07) is -0.0443. The van der Waals surface area contributed by atoms with Gasteiger partial charge in [0.1, 0.15) is 5.60 Å². The molecule has 0 aliphatic carbocycles. The lowest BCUT2D eigenvalue weighted by atomic mass is 10.00. The van der Waals surface area contributed by atoms with Crippen molar-refractivity contribution in [3.8, 4) is 0 Å². The second kappa shape index (κ2) is 11.0. The quantitative estimate of drug-likeness (QED) is 0.380. The van der Waals surface area contributed by atoms with Gasteiger partial charge in [-0.1, -0.05) is 20.3 Å². The molecule has 142 valence electrons. The van der Waals surface area contributed by atoms with E-state index >= 15 is 0 Å². The third-order valence-corrected chi connectivity index (χ3v) is 3.94. The minimum Gasteiger partial charge on any atom is -0.444 e. The van der Waals surface area contributed by atoms with Gasteiger partial charge in [0.05, 0.1) is 12.6 Å². The molecular formula is C17H35IN4O2. The Morgan fingerprint density at radius 1 is 1.38 bits per heavy atom. The van der Waals surface area contributed by atoms with Crippen molar-refractivity contribution >= 4 is 36.0 Å². The van der Waals surface area contributed by atoms with Gasteiger partial charge < -0.3 is 20.7 Å². The predicted molar refractivity (Wildman–Crippen MR) is 110 cm³/mol. The summed E-state index contributed by atoms with van der Waals surface area (Å²) in [6.45, 7) is 12.3. The summed E-state index contributed by atoms with van der Waals surface area (Å²) in [5.41, 5.74) is 5.61. The average Bonchev–Trinajstić information content (AvgIpc) is 2.43. The predicted octanol–water partition coefficient (Wildman–Crippen LogP) is 3.34. The van der Waals surface area contributed by atoms with Crippen LogP contribution in [0.15, 0.2) is 4.99 Å². The summed E-state index contributed by atoms with van der Waals surface area (Å²) in [6.07, 6.45) is 3.75. The van der Waals surface area contributed by atoms with Crippen LogP contribution >= 0.6 is 24.0 Å². The number of aliphatic imine (C=N–C) groups is 1. The lowest BCUT2D eigenvalue weighted by Gasteiger charge is -2.31. The highest BCUT2D eigenvalue weighted by Crippen LogP contribution is 2.15. The number of alkyl carbamates (subject to hydrolysis) is 1. The van der Waals surface area contributed by atoms with Gasteiger partial charge in [-0.3, -0.25) is 4.99 Å². The van der Waals surface area contributed by atoms with Gasteiger partial charge in [-0.05, 0) is 46.0 Å². The lowest BCUT2D eigenvalue weighted by Crippen LogP contribution is -2.44. The van der Waals surface area contributed by atoms with Crippen molar-refractivity contribution in [2.24, 2.45) is 16.6 Å². The van der Waals surface area contributed by atoms with Gasteiger partial charge >= 0.3 is 6.09 Å². The number of amides is 1. The summed E-state index contributed by atoms with van der Waals surface area (Å²) >= 11 is 0. The number of nitrogens with one attached hydrogen (secondary N) is 1. The first-order valence-electron chi connectivity index (χ1n) is 8.75. The van der Waals surface area contributed by atoms with Gasteiger partial charge in [-0.25, -0.2) is 4.79 Å². The van der Waals surface area contributed by atoms with E-state index in [1.54, 1.807) is 0 Å². The van der Waals surface area contributed by atoms with E-state index < -0.39 is 11.7 Å². The summed E-state index contributed by atoms with van der Waals surface area (Å²) < 4.78 is 5.31. The maximum Gasteiger partial charge on any atom is 0.407 e. The SMILES string of the molecule is CCCC(CN=C(N)N1CCC(C)CC1)NC(=O)OC(C)(C)C.I. The van der Waals surface area contributed by atoms with E-state index in [-0.39, 0.29) is 30.0 Å². The molecule has 1 heterocycles. The molecule has 1 saturated heterocycles. The fourth-order valence-electron chi connectivity index (χ4n) is 2.57. The summed E-state index contributed by atoms with van der Waals surface area (Å²) in [4.78, 5) is 18.5. The minimum atomic E-state index is -0.492. The number of carbonyl (C=O) groups excluding carboxylic acids is 1. The molecule has 3 N–H and O–H groups in total. The van der Waals surface area contributed by atoms with E-state index in [2.05, 4.69) is 29.1 Å². The molecule has 6 nitrogen and oxygen atoms in total.